The average molecular weight is 394 g/mol. The van der Waals surface area contributed by atoms with E-state index >= 15 is 0 Å². The van der Waals surface area contributed by atoms with Gasteiger partial charge in [-0.05, 0) is 78.9 Å². The van der Waals surface area contributed by atoms with E-state index in [9.17, 15) is 8.42 Å². The first-order chi connectivity index (χ1) is 13.5. The van der Waals surface area contributed by atoms with Gasteiger partial charge in [0.25, 0.3) is 10.0 Å². The number of aromatic nitrogens is 1. The maximum absolute atomic E-state index is 13.4. The fourth-order valence-electron chi connectivity index (χ4n) is 3.56. The average Bonchev–Trinajstić information content (AvgIpc) is 3.14. The van der Waals surface area contributed by atoms with Gasteiger partial charge in [0, 0.05) is 18.9 Å². The molecule has 4 rings (SSSR count). The Morgan fingerprint density at radius 3 is 2.57 bits per heavy atom. The molecule has 144 valence electrons. The number of ether oxygens (including phenoxy) is 1. The molecular formula is C22H22N2O3S. The zero-order valence-electron chi connectivity index (χ0n) is 15.9. The molecule has 0 N–H and O–H groups in total. The molecule has 2 aromatic carbocycles. The number of rotatable bonds is 5. The Hall–Kier alpha value is -2.86. The highest BCUT2D eigenvalue weighted by Crippen LogP contribution is 2.38. The van der Waals surface area contributed by atoms with Crippen molar-refractivity contribution < 1.29 is 13.2 Å². The Kier molecular flexibility index (Phi) is 4.81. The molecule has 0 aliphatic carbocycles. The Morgan fingerprint density at radius 1 is 1.04 bits per heavy atom. The molecule has 0 unspecified atom stereocenters. The van der Waals surface area contributed by atoms with Gasteiger partial charge in [0.2, 0.25) is 0 Å². The summed E-state index contributed by atoms with van der Waals surface area (Å²) in [7, 11) is -3.71. The maximum atomic E-state index is 13.4. The summed E-state index contributed by atoms with van der Waals surface area (Å²) in [6.07, 6.45) is 4.20. The highest BCUT2D eigenvalue weighted by molar-refractivity contribution is 7.93. The number of anilines is 1. The van der Waals surface area contributed by atoms with E-state index in [1.54, 1.807) is 24.5 Å². The van der Waals surface area contributed by atoms with Crippen LogP contribution in [0.2, 0.25) is 0 Å². The molecule has 0 saturated carbocycles. The fraction of sp³-hybridized carbons (Fsp3) is 0.227. The highest BCUT2D eigenvalue weighted by Gasteiger charge is 2.33. The van der Waals surface area contributed by atoms with Crippen molar-refractivity contribution in [2.45, 2.75) is 25.2 Å². The van der Waals surface area contributed by atoms with Gasteiger partial charge in [-0.25, -0.2) is 8.42 Å². The molecule has 0 spiro atoms. The highest BCUT2D eigenvalue weighted by atomic mass is 32.2. The van der Waals surface area contributed by atoms with Crippen molar-refractivity contribution in [1.82, 2.24) is 4.98 Å². The molecule has 1 aromatic heterocycles. The number of benzene rings is 2. The summed E-state index contributed by atoms with van der Waals surface area (Å²) in [6, 6.07) is 15.1. The Bertz CT molecular complexity index is 1110. The second kappa shape index (κ2) is 7.28. The van der Waals surface area contributed by atoms with Crippen LogP contribution in [0, 0.1) is 6.92 Å². The summed E-state index contributed by atoms with van der Waals surface area (Å²) >= 11 is 0. The van der Waals surface area contributed by atoms with Gasteiger partial charge in [-0.3, -0.25) is 9.29 Å². The van der Waals surface area contributed by atoms with Gasteiger partial charge in [-0.2, -0.15) is 0 Å². The van der Waals surface area contributed by atoms with E-state index in [1.165, 1.54) is 4.31 Å². The zero-order chi connectivity index (χ0) is 19.7. The predicted molar refractivity (Wildman–Crippen MR) is 110 cm³/mol. The second-order valence-electron chi connectivity index (χ2n) is 6.79. The molecule has 28 heavy (non-hydrogen) atoms. The van der Waals surface area contributed by atoms with E-state index in [0.29, 0.717) is 25.3 Å². The number of fused-ring (bicyclic) bond motifs is 1. The molecular weight excluding hydrogens is 372 g/mol. The molecule has 0 radical (unpaired) electrons. The van der Waals surface area contributed by atoms with Crippen LogP contribution in [0.1, 0.15) is 18.1 Å². The minimum atomic E-state index is -3.71. The number of aryl methyl sites for hydroxylation is 1. The first-order valence-corrected chi connectivity index (χ1v) is 10.7. The lowest BCUT2D eigenvalue weighted by molar-refractivity contribution is 0.331. The topological polar surface area (TPSA) is 59.5 Å². The van der Waals surface area contributed by atoms with Gasteiger partial charge in [0.05, 0.1) is 12.3 Å². The number of pyridine rings is 1. The lowest BCUT2D eigenvalue weighted by Crippen LogP contribution is -2.29. The van der Waals surface area contributed by atoms with Gasteiger partial charge < -0.3 is 4.74 Å². The van der Waals surface area contributed by atoms with Crippen molar-refractivity contribution in [3.8, 4) is 16.9 Å². The first-order valence-electron chi connectivity index (χ1n) is 9.30. The van der Waals surface area contributed by atoms with Crippen molar-refractivity contribution in [2.24, 2.45) is 0 Å². The molecule has 6 heteroatoms. The summed E-state index contributed by atoms with van der Waals surface area (Å²) in [5.41, 5.74) is 4.78. The number of sulfonamides is 1. The van der Waals surface area contributed by atoms with Crippen molar-refractivity contribution in [1.29, 1.82) is 0 Å². The van der Waals surface area contributed by atoms with E-state index in [-0.39, 0.29) is 4.90 Å². The molecule has 1 aliphatic heterocycles. The summed E-state index contributed by atoms with van der Waals surface area (Å²) in [6.45, 7) is 4.57. The quantitative estimate of drug-likeness (QED) is 0.650. The van der Waals surface area contributed by atoms with Crippen molar-refractivity contribution in [2.75, 3.05) is 17.5 Å². The summed E-state index contributed by atoms with van der Waals surface area (Å²) in [5, 5.41) is 0. The number of hydrogen-bond acceptors (Lipinski definition) is 4. The summed E-state index contributed by atoms with van der Waals surface area (Å²) in [4.78, 5) is 4.27. The van der Waals surface area contributed by atoms with Crippen LogP contribution in [0.3, 0.4) is 0 Å². The maximum Gasteiger partial charge on any atom is 0.268 e. The lowest BCUT2D eigenvalue weighted by Gasteiger charge is -2.22. The van der Waals surface area contributed by atoms with Gasteiger partial charge in [0.15, 0.2) is 0 Å². The molecule has 0 saturated heterocycles. The van der Waals surface area contributed by atoms with E-state index in [1.807, 2.05) is 44.2 Å². The van der Waals surface area contributed by atoms with Crippen LogP contribution in [0.4, 0.5) is 5.69 Å². The third kappa shape index (κ3) is 3.24. The van der Waals surface area contributed by atoms with E-state index in [0.717, 1.165) is 27.9 Å². The third-order valence-electron chi connectivity index (χ3n) is 4.91. The van der Waals surface area contributed by atoms with Gasteiger partial charge >= 0.3 is 0 Å². The molecule has 5 nitrogen and oxygen atoms in total. The van der Waals surface area contributed by atoms with Crippen LogP contribution in [0.15, 0.2) is 65.8 Å². The van der Waals surface area contributed by atoms with Gasteiger partial charge in [-0.1, -0.05) is 12.1 Å². The molecule has 1 aliphatic rings. The Morgan fingerprint density at radius 2 is 1.82 bits per heavy atom. The van der Waals surface area contributed by atoms with Crippen LogP contribution in [0.25, 0.3) is 11.1 Å². The Balaban J connectivity index is 1.74. The van der Waals surface area contributed by atoms with Crippen molar-refractivity contribution in [3.05, 3.63) is 72.1 Å². The van der Waals surface area contributed by atoms with E-state index in [4.69, 9.17) is 4.74 Å². The molecule has 0 atom stereocenters. The van der Waals surface area contributed by atoms with Crippen molar-refractivity contribution >= 4 is 15.7 Å². The minimum absolute atomic E-state index is 0.223. The number of hydrogen-bond donors (Lipinski definition) is 0. The predicted octanol–water partition coefficient (Wildman–Crippen LogP) is 4.21. The fourth-order valence-corrected chi connectivity index (χ4v) is 5.28. The molecule has 0 bridgehead atoms. The van der Waals surface area contributed by atoms with Gasteiger partial charge in [-0.15, -0.1) is 0 Å². The molecule has 2 heterocycles. The monoisotopic (exact) mass is 394 g/mol. The lowest BCUT2D eigenvalue weighted by atomic mass is 10.0. The standard InChI is InChI=1S/C22H22N2O3S/c1-3-27-21-7-4-16(2)14-22(21)28(25,26)24-13-10-19-15-18(5-6-20(19)24)17-8-11-23-12-9-17/h4-9,11-12,14-15H,3,10,13H2,1-2H3. The van der Waals surface area contributed by atoms with Gasteiger partial charge in [0.1, 0.15) is 10.6 Å². The summed E-state index contributed by atoms with van der Waals surface area (Å²) in [5.74, 6) is 0.398. The van der Waals surface area contributed by atoms with Crippen LogP contribution in [-0.4, -0.2) is 26.6 Å². The SMILES string of the molecule is CCOc1ccc(C)cc1S(=O)(=O)N1CCc2cc(-c3ccncc3)ccc21. The van der Waals surface area contributed by atoms with Crippen LogP contribution in [-0.2, 0) is 16.4 Å². The van der Waals surface area contributed by atoms with Crippen LogP contribution < -0.4 is 9.04 Å². The second-order valence-corrected chi connectivity index (χ2v) is 8.62. The molecule has 0 amide bonds. The van der Waals surface area contributed by atoms with E-state index < -0.39 is 10.0 Å². The zero-order valence-corrected chi connectivity index (χ0v) is 16.7. The minimum Gasteiger partial charge on any atom is -0.492 e. The first kappa shape index (κ1) is 18.5. The van der Waals surface area contributed by atoms with E-state index in [2.05, 4.69) is 11.1 Å². The smallest absolute Gasteiger partial charge is 0.268 e. The summed E-state index contributed by atoms with van der Waals surface area (Å²) < 4.78 is 34.0. The largest absolute Gasteiger partial charge is 0.492 e. The Labute approximate surface area is 165 Å². The van der Waals surface area contributed by atoms with Crippen LogP contribution in [0.5, 0.6) is 5.75 Å². The molecule has 3 aromatic rings. The normalized spacial score (nSPS) is 13.4. The molecule has 0 fully saturated rings. The number of nitrogens with zero attached hydrogens (tertiary/aromatic N) is 2. The third-order valence-corrected chi connectivity index (χ3v) is 6.75. The van der Waals surface area contributed by atoms with Crippen LogP contribution >= 0.6 is 0 Å². The van der Waals surface area contributed by atoms with Crippen molar-refractivity contribution in [3.63, 3.8) is 0 Å².